The van der Waals surface area contributed by atoms with Crippen LogP contribution in [0.25, 0.3) is 0 Å². The molecule has 0 atom stereocenters. The molecule has 0 aromatic heterocycles. The van der Waals surface area contributed by atoms with Gasteiger partial charge in [-0.15, -0.1) is 0 Å². The third-order valence-corrected chi connectivity index (χ3v) is 5.26. The minimum absolute atomic E-state index is 0.283. The van der Waals surface area contributed by atoms with E-state index >= 15 is 0 Å². The van der Waals surface area contributed by atoms with Gasteiger partial charge in [0.15, 0.2) is 0 Å². The molecule has 2 aliphatic rings. The minimum atomic E-state index is 0.283. The van der Waals surface area contributed by atoms with Crippen molar-refractivity contribution in [1.82, 2.24) is 9.80 Å². The number of carbonyl (C=O) groups excluding carboxylic acids is 1. The summed E-state index contributed by atoms with van der Waals surface area (Å²) in [6.45, 7) is 3.89. The van der Waals surface area contributed by atoms with Crippen LogP contribution in [0.15, 0.2) is 24.3 Å². The van der Waals surface area contributed by atoms with Crippen LogP contribution in [0.5, 0.6) is 0 Å². The third kappa shape index (κ3) is 4.02. The zero-order valence-corrected chi connectivity index (χ0v) is 13.9. The van der Waals surface area contributed by atoms with Crippen molar-refractivity contribution in [3.63, 3.8) is 0 Å². The Hall–Kier alpha value is -1.06. The summed E-state index contributed by atoms with van der Waals surface area (Å²) in [4.78, 5) is 17.0. The van der Waals surface area contributed by atoms with E-state index in [1.807, 2.05) is 29.2 Å². The lowest BCUT2D eigenvalue weighted by Crippen LogP contribution is -2.51. The van der Waals surface area contributed by atoms with Crippen molar-refractivity contribution < 1.29 is 4.79 Å². The van der Waals surface area contributed by atoms with E-state index in [1.54, 1.807) is 0 Å². The van der Waals surface area contributed by atoms with Crippen molar-refractivity contribution >= 4 is 17.5 Å². The highest BCUT2D eigenvalue weighted by Crippen LogP contribution is 2.24. The highest BCUT2D eigenvalue weighted by Gasteiger charge is 2.27. The van der Waals surface area contributed by atoms with Gasteiger partial charge in [-0.25, -0.2) is 0 Å². The summed E-state index contributed by atoms with van der Waals surface area (Å²) in [6, 6.07) is 8.59. The van der Waals surface area contributed by atoms with E-state index in [2.05, 4.69) is 4.90 Å². The quantitative estimate of drug-likeness (QED) is 0.849. The van der Waals surface area contributed by atoms with Crippen LogP contribution in [0.2, 0.25) is 5.02 Å². The Morgan fingerprint density at radius 3 is 2.55 bits per heavy atom. The first-order valence-corrected chi connectivity index (χ1v) is 8.86. The van der Waals surface area contributed by atoms with Gasteiger partial charge < -0.3 is 4.90 Å². The summed E-state index contributed by atoms with van der Waals surface area (Å²) in [5.74, 6) is 0.283. The van der Waals surface area contributed by atoms with Gasteiger partial charge >= 0.3 is 0 Å². The lowest BCUT2D eigenvalue weighted by molar-refractivity contribution is -0.133. The summed E-state index contributed by atoms with van der Waals surface area (Å²) < 4.78 is 0. The smallest absolute Gasteiger partial charge is 0.222 e. The molecule has 1 aliphatic heterocycles. The molecule has 1 saturated carbocycles. The predicted octanol–water partition coefficient (Wildman–Crippen LogP) is 3.36. The number of rotatable bonds is 4. The Morgan fingerprint density at radius 2 is 1.86 bits per heavy atom. The largest absolute Gasteiger partial charge is 0.340 e. The zero-order valence-electron chi connectivity index (χ0n) is 13.1. The highest BCUT2D eigenvalue weighted by atomic mass is 35.5. The maximum absolute atomic E-state index is 12.4. The predicted molar refractivity (Wildman–Crippen MR) is 90.2 cm³/mol. The van der Waals surface area contributed by atoms with Gasteiger partial charge in [0.05, 0.1) is 0 Å². The van der Waals surface area contributed by atoms with E-state index in [0.717, 1.165) is 49.2 Å². The molecular formula is C18H25ClN2O. The average Bonchev–Trinajstić information content (AvgIpc) is 3.07. The molecule has 0 radical (unpaired) electrons. The second kappa shape index (κ2) is 7.47. The summed E-state index contributed by atoms with van der Waals surface area (Å²) in [6.07, 6.45) is 6.82. The van der Waals surface area contributed by atoms with Crippen LogP contribution in [-0.4, -0.2) is 47.9 Å². The van der Waals surface area contributed by atoms with Gasteiger partial charge in [0.2, 0.25) is 5.91 Å². The lowest BCUT2D eigenvalue weighted by Gasteiger charge is -2.38. The Balaban J connectivity index is 1.43. The number of hydrogen-bond acceptors (Lipinski definition) is 2. The highest BCUT2D eigenvalue weighted by molar-refractivity contribution is 6.30. The van der Waals surface area contributed by atoms with E-state index in [4.69, 9.17) is 11.6 Å². The van der Waals surface area contributed by atoms with E-state index in [9.17, 15) is 4.79 Å². The molecule has 0 N–H and O–H groups in total. The summed E-state index contributed by atoms with van der Waals surface area (Å²) in [7, 11) is 0. The molecule has 3 nitrogen and oxygen atoms in total. The van der Waals surface area contributed by atoms with Crippen molar-refractivity contribution in [1.29, 1.82) is 0 Å². The van der Waals surface area contributed by atoms with Crippen LogP contribution < -0.4 is 0 Å². The number of nitrogens with zero attached hydrogens (tertiary/aromatic N) is 2. The van der Waals surface area contributed by atoms with Crippen LogP contribution in [0.3, 0.4) is 0 Å². The van der Waals surface area contributed by atoms with E-state index < -0.39 is 0 Å². The average molecular weight is 321 g/mol. The summed E-state index contributed by atoms with van der Waals surface area (Å²) in [5, 5.41) is 0.745. The number of aryl methyl sites for hydroxylation is 1. The van der Waals surface area contributed by atoms with Crippen LogP contribution in [0, 0.1) is 0 Å². The third-order valence-electron chi connectivity index (χ3n) is 5.02. The SMILES string of the molecule is O=C(CCc1cccc(Cl)c1)N1CCN(C2CCCC2)CC1. The molecule has 1 amide bonds. The molecule has 1 saturated heterocycles. The fraction of sp³-hybridized carbons (Fsp3) is 0.611. The Morgan fingerprint density at radius 1 is 1.14 bits per heavy atom. The normalized spacial score (nSPS) is 20.5. The number of piperazine rings is 1. The molecule has 1 aromatic rings. The molecule has 3 rings (SSSR count). The Bertz CT molecular complexity index is 506. The Labute approximate surface area is 138 Å². The monoisotopic (exact) mass is 320 g/mol. The standard InChI is InChI=1S/C18H25ClN2O/c19-16-5-3-4-15(14-16)8-9-18(22)21-12-10-20(11-13-21)17-6-1-2-7-17/h3-5,14,17H,1-2,6-13H2. The van der Waals surface area contributed by atoms with Crippen molar-refractivity contribution in [2.24, 2.45) is 0 Å². The van der Waals surface area contributed by atoms with Gasteiger partial charge in [0, 0.05) is 43.7 Å². The first kappa shape index (κ1) is 15.8. The maximum atomic E-state index is 12.4. The molecule has 4 heteroatoms. The van der Waals surface area contributed by atoms with Gasteiger partial charge in [0.1, 0.15) is 0 Å². The Kier molecular flexibility index (Phi) is 5.37. The second-order valence-electron chi connectivity index (χ2n) is 6.48. The maximum Gasteiger partial charge on any atom is 0.222 e. The van der Waals surface area contributed by atoms with Crippen LogP contribution in [0.4, 0.5) is 0 Å². The molecule has 22 heavy (non-hydrogen) atoms. The van der Waals surface area contributed by atoms with Crippen molar-refractivity contribution in [3.05, 3.63) is 34.9 Å². The van der Waals surface area contributed by atoms with Crippen molar-refractivity contribution in [2.75, 3.05) is 26.2 Å². The minimum Gasteiger partial charge on any atom is -0.340 e. The lowest BCUT2D eigenvalue weighted by atomic mass is 10.1. The molecule has 0 bridgehead atoms. The molecule has 1 heterocycles. The number of hydrogen-bond donors (Lipinski definition) is 0. The molecule has 120 valence electrons. The molecular weight excluding hydrogens is 296 g/mol. The van der Waals surface area contributed by atoms with Crippen molar-refractivity contribution in [2.45, 2.75) is 44.6 Å². The molecule has 1 aliphatic carbocycles. The van der Waals surface area contributed by atoms with Crippen LogP contribution >= 0.6 is 11.6 Å². The fourth-order valence-corrected chi connectivity index (χ4v) is 3.92. The first-order valence-electron chi connectivity index (χ1n) is 8.48. The van der Waals surface area contributed by atoms with Gasteiger partial charge in [-0.05, 0) is 37.0 Å². The number of halogens is 1. The van der Waals surface area contributed by atoms with E-state index in [0.29, 0.717) is 6.42 Å². The van der Waals surface area contributed by atoms with Crippen LogP contribution in [-0.2, 0) is 11.2 Å². The molecule has 2 fully saturated rings. The van der Waals surface area contributed by atoms with Gasteiger partial charge in [0.25, 0.3) is 0 Å². The van der Waals surface area contributed by atoms with E-state index in [1.165, 1.54) is 25.7 Å². The number of benzene rings is 1. The number of carbonyl (C=O) groups is 1. The molecule has 0 unspecified atom stereocenters. The molecule has 1 aromatic carbocycles. The fourth-order valence-electron chi connectivity index (χ4n) is 3.71. The van der Waals surface area contributed by atoms with Crippen LogP contribution in [0.1, 0.15) is 37.7 Å². The van der Waals surface area contributed by atoms with Gasteiger partial charge in [-0.3, -0.25) is 9.69 Å². The van der Waals surface area contributed by atoms with E-state index in [-0.39, 0.29) is 5.91 Å². The number of amides is 1. The second-order valence-corrected chi connectivity index (χ2v) is 6.92. The summed E-state index contributed by atoms with van der Waals surface area (Å²) in [5.41, 5.74) is 1.14. The molecule has 0 spiro atoms. The topological polar surface area (TPSA) is 23.6 Å². The van der Waals surface area contributed by atoms with Crippen molar-refractivity contribution in [3.8, 4) is 0 Å². The zero-order chi connectivity index (χ0) is 15.4. The van der Waals surface area contributed by atoms with Gasteiger partial charge in [-0.1, -0.05) is 36.6 Å². The first-order chi connectivity index (χ1) is 10.7. The van der Waals surface area contributed by atoms with Gasteiger partial charge in [-0.2, -0.15) is 0 Å². The summed E-state index contributed by atoms with van der Waals surface area (Å²) >= 11 is 5.99.